The summed E-state index contributed by atoms with van der Waals surface area (Å²) in [6.45, 7) is 3.88. The molecule has 0 radical (unpaired) electrons. The van der Waals surface area contributed by atoms with E-state index < -0.39 is 0 Å². The van der Waals surface area contributed by atoms with Crippen LogP contribution in [-0.2, 0) is 0 Å². The first-order valence-corrected chi connectivity index (χ1v) is 11.3. The van der Waals surface area contributed by atoms with Gasteiger partial charge in [0.05, 0.1) is 10.7 Å². The van der Waals surface area contributed by atoms with Crippen molar-refractivity contribution in [1.29, 1.82) is 0 Å². The molecule has 148 valence electrons. The number of hydrogen-bond acceptors (Lipinski definition) is 5. The van der Waals surface area contributed by atoms with Crippen LogP contribution < -0.4 is 15.6 Å². The van der Waals surface area contributed by atoms with Gasteiger partial charge in [-0.25, -0.2) is 0 Å². The standard InChI is InChI=1S/C21H24N2O3S2/c1-14(2)26-18-10-8-16(9-11-18)20(25)23-22-19(24)15-4-6-17(7-5-15)21-27-12-3-13-28-21/h4-11,14,21H,3,12-13H2,1-2H3,(H,22,24)(H,23,25). The molecule has 0 saturated carbocycles. The van der Waals surface area contributed by atoms with Gasteiger partial charge in [0.15, 0.2) is 0 Å². The monoisotopic (exact) mass is 416 g/mol. The van der Waals surface area contributed by atoms with Crippen LogP contribution in [0.2, 0.25) is 0 Å². The van der Waals surface area contributed by atoms with Gasteiger partial charge in [-0.1, -0.05) is 12.1 Å². The number of carbonyl (C=O) groups is 2. The number of hydrazine groups is 1. The summed E-state index contributed by atoms with van der Waals surface area (Å²) >= 11 is 3.89. The summed E-state index contributed by atoms with van der Waals surface area (Å²) in [6.07, 6.45) is 1.32. The largest absolute Gasteiger partial charge is 0.491 e. The minimum atomic E-state index is -0.379. The molecule has 0 spiro atoms. The van der Waals surface area contributed by atoms with Crippen molar-refractivity contribution in [1.82, 2.24) is 10.9 Å². The number of amides is 2. The van der Waals surface area contributed by atoms with Crippen LogP contribution in [0.15, 0.2) is 48.5 Å². The Bertz CT molecular complexity index is 801. The molecule has 0 aromatic heterocycles. The summed E-state index contributed by atoms with van der Waals surface area (Å²) < 4.78 is 5.99. The van der Waals surface area contributed by atoms with Gasteiger partial charge in [0.2, 0.25) is 0 Å². The van der Waals surface area contributed by atoms with Crippen molar-refractivity contribution in [3.05, 3.63) is 65.2 Å². The van der Waals surface area contributed by atoms with E-state index in [1.165, 1.54) is 23.5 Å². The van der Waals surface area contributed by atoms with Crippen LogP contribution in [0.1, 0.15) is 51.1 Å². The highest BCUT2D eigenvalue weighted by Gasteiger charge is 2.17. The number of carbonyl (C=O) groups excluding carboxylic acids is 2. The second kappa shape index (κ2) is 9.89. The normalized spacial score (nSPS) is 14.5. The molecule has 1 fully saturated rings. The van der Waals surface area contributed by atoms with E-state index in [1.54, 1.807) is 36.4 Å². The lowest BCUT2D eigenvalue weighted by Gasteiger charge is -2.21. The van der Waals surface area contributed by atoms with Gasteiger partial charge in [0.1, 0.15) is 5.75 Å². The second-order valence-corrected chi connectivity index (χ2v) is 9.37. The third-order valence-electron chi connectivity index (χ3n) is 4.05. The first kappa shape index (κ1) is 20.6. The first-order valence-electron chi connectivity index (χ1n) is 9.23. The van der Waals surface area contributed by atoms with Gasteiger partial charge in [-0.2, -0.15) is 0 Å². The van der Waals surface area contributed by atoms with Gasteiger partial charge in [0, 0.05) is 11.1 Å². The smallest absolute Gasteiger partial charge is 0.269 e. The summed E-state index contributed by atoms with van der Waals surface area (Å²) in [6, 6.07) is 14.4. The van der Waals surface area contributed by atoms with E-state index >= 15 is 0 Å². The summed E-state index contributed by atoms with van der Waals surface area (Å²) in [5.41, 5.74) is 7.08. The predicted molar refractivity (Wildman–Crippen MR) is 116 cm³/mol. The van der Waals surface area contributed by atoms with Gasteiger partial charge in [-0.05, 0) is 73.7 Å². The van der Waals surface area contributed by atoms with Crippen molar-refractivity contribution >= 4 is 35.3 Å². The van der Waals surface area contributed by atoms with Gasteiger partial charge >= 0.3 is 0 Å². The van der Waals surface area contributed by atoms with Crippen LogP contribution in [0.4, 0.5) is 0 Å². The molecule has 7 heteroatoms. The fourth-order valence-electron chi connectivity index (χ4n) is 2.69. The average Bonchev–Trinajstić information content (AvgIpc) is 2.72. The fraction of sp³-hybridized carbons (Fsp3) is 0.333. The molecular formula is C21H24N2O3S2. The quantitative estimate of drug-likeness (QED) is 0.707. The Hall–Kier alpha value is -2.12. The zero-order valence-corrected chi connectivity index (χ0v) is 17.6. The lowest BCUT2D eigenvalue weighted by molar-refractivity contribution is 0.0846. The number of benzene rings is 2. The fourth-order valence-corrected chi connectivity index (χ4v) is 5.58. The van der Waals surface area contributed by atoms with E-state index in [0.29, 0.717) is 21.5 Å². The SMILES string of the molecule is CC(C)Oc1ccc(C(=O)NNC(=O)c2ccc(C3SCCCS3)cc2)cc1. The number of nitrogens with one attached hydrogen (secondary N) is 2. The predicted octanol–water partition coefficient (Wildman–Crippen LogP) is 4.42. The average molecular weight is 417 g/mol. The molecule has 2 amide bonds. The number of ether oxygens (including phenoxy) is 1. The Morgan fingerprint density at radius 3 is 1.89 bits per heavy atom. The van der Waals surface area contributed by atoms with Crippen LogP contribution in [0.25, 0.3) is 0 Å². The van der Waals surface area contributed by atoms with E-state index in [9.17, 15) is 9.59 Å². The molecule has 0 atom stereocenters. The van der Waals surface area contributed by atoms with E-state index in [1.807, 2.05) is 49.5 Å². The second-order valence-electron chi connectivity index (χ2n) is 6.65. The Morgan fingerprint density at radius 2 is 1.39 bits per heavy atom. The number of thioether (sulfide) groups is 2. The third-order valence-corrected chi connectivity index (χ3v) is 7.07. The summed E-state index contributed by atoms with van der Waals surface area (Å²) in [7, 11) is 0. The van der Waals surface area contributed by atoms with Crippen molar-refractivity contribution in [3.63, 3.8) is 0 Å². The zero-order chi connectivity index (χ0) is 19.9. The van der Waals surface area contributed by atoms with E-state index in [0.717, 1.165) is 0 Å². The lowest BCUT2D eigenvalue weighted by atomic mass is 10.1. The van der Waals surface area contributed by atoms with Gasteiger partial charge in [-0.3, -0.25) is 20.4 Å². The molecule has 5 nitrogen and oxygen atoms in total. The van der Waals surface area contributed by atoms with E-state index in [4.69, 9.17) is 4.74 Å². The highest BCUT2D eigenvalue weighted by atomic mass is 32.2. The molecule has 3 rings (SSSR count). The highest BCUT2D eigenvalue weighted by Crippen LogP contribution is 2.43. The van der Waals surface area contributed by atoms with Crippen LogP contribution in [0.5, 0.6) is 5.75 Å². The number of rotatable bonds is 5. The van der Waals surface area contributed by atoms with Crippen molar-refractivity contribution < 1.29 is 14.3 Å². The summed E-state index contributed by atoms with van der Waals surface area (Å²) in [5.74, 6) is 2.33. The molecule has 2 aromatic carbocycles. The van der Waals surface area contributed by atoms with Gasteiger partial charge in [0.25, 0.3) is 11.8 Å². The first-order chi connectivity index (χ1) is 13.5. The summed E-state index contributed by atoms with van der Waals surface area (Å²) in [5, 5.41) is 0. The molecule has 1 aliphatic heterocycles. The molecule has 28 heavy (non-hydrogen) atoms. The minimum absolute atomic E-state index is 0.0700. The Balaban J connectivity index is 1.52. The van der Waals surface area contributed by atoms with Crippen molar-refractivity contribution in [3.8, 4) is 5.75 Å². The van der Waals surface area contributed by atoms with Crippen LogP contribution in [0.3, 0.4) is 0 Å². The lowest BCUT2D eigenvalue weighted by Crippen LogP contribution is -2.41. The molecule has 0 bridgehead atoms. The van der Waals surface area contributed by atoms with Crippen molar-refractivity contribution in [2.75, 3.05) is 11.5 Å². The maximum atomic E-state index is 12.3. The van der Waals surface area contributed by atoms with E-state index in [2.05, 4.69) is 10.9 Å². The molecule has 1 aliphatic rings. The molecule has 1 saturated heterocycles. The maximum Gasteiger partial charge on any atom is 0.269 e. The number of hydrogen-bond donors (Lipinski definition) is 2. The summed E-state index contributed by atoms with van der Waals surface area (Å²) in [4.78, 5) is 24.5. The van der Waals surface area contributed by atoms with Crippen molar-refractivity contribution in [2.45, 2.75) is 31.0 Å². The van der Waals surface area contributed by atoms with Crippen LogP contribution >= 0.6 is 23.5 Å². The molecule has 2 N–H and O–H groups in total. The molecule has 2 aromatic rings. The highest BCUT2D eigenvalue weighted by molar-refractivity contribution is 8.16. The molecule has 0 aliphatic carbocycles. The van der Waals surface area contributed by atoms with Crippen LogP contribution in [-0.4, -0.2) is 29.4 Å². The third kappa shape index (κ3) is 5.69. The minimum Gasteiger partial charge on any atom is -0.491 e. The Morgan fingerprint density at radius 1 is 0.893 bits per heavy atom. The molecule has 0 unspecified atom stereocenters. The Kier molecular flexibility index (Phi) is 7.28. The van der Waals surface area contributed by atoms with E-state index in [-0.39, 0.29) is 17.9 Å². The Labute approximate surface area is 174 Å². The van der Waals surface area contributed by atoms with Gasteiger partial charge in [-0.15, -0.1) is 23.5 Å². The zero-order valence-electron chi connectivity index (χ0n) is 15.9. The van der Waals surface area contributed by atoms with Crippen LogP contribution in [0, 0.1) is 0 Å². The topological polar surface area (TPSA) is 67.4 Å². The molecular weight excluding hydrogens is 392 g/mol. The maximum absolute atomic E-state index is 12.3. The molecule has 1 heterocycles. The van der Waals surface area contributed by atoms with Crippen molar-refractivity contribution in [2.24, 2.45) is 0 Å². The van der Waals surface area contributed by atoms with Gasteiger partial charge < -0.3 is 4.74 Å².